The van der Waals surface area contributed by atoms with Crippen molar-refractivity contribution in [3.8, 4) is 11.3 Å². The van der Waals surface area contributed by atoms with Gasteiger partial charge in [0.05, 0.1) is 35.2 Å². The molecule has 1 aromatic carbocycles. The van der Waals surface area contributed by atoms with Gasteiger partial charge in [0.25, 0.3) is 0 Å². The van der Waals surface area contributed by atoms with Crippen LogP contribution in [-0.2, 0) is 19.1 Å². The summed E-state index contributed by atoms with van der Waals surface area (Å²) in [6.45, 7) is 21.2. The Kier molecular flexibility index (Phi) is 10.1. The lowest BCUT2D eigenvalue weighted by molar-refractivity contribution is -0.251. The predicted octanol–water partition coefficient (Wildman–Crippen LogP) is 11.0. The molecule has 8 nitrogen and oxygen atoms in total. The molecule has 58 heavy (non-hydrogen) atoms. The number of likely N-dealkylation sites (tertiary alicyclic amines) is 1. The minimum absolute atomic E-state index is 0.0759. The van der Waals surface area contributed by atoms with Crippen molar-refractivity contribution < 1.29 is 28.6 Å². The number of carbonyl (C=O) groups is 3. The monoisotopic (exact) mass is 800 g/mol. The molecule has 0 spiro atoms. The van der Waals surface area contributed by atoms with Crippen molar-refractivity contribution in [1.29, 1.82) is 0 Å². The molecule has 0 bridgehead atoms. The van der Waals surface area contributed by atoms with Gasteiger partial charge in [0.2, 0.25) is 5.91 Å². The van der Waals surface area contributed by atoms with E-state index in [9.17, 15) is 19.1 Å². The highest BCUT2D eigenvalue weighted by atomic mass is 19.1. The average molecular weight is 800 g/mol. The molecule has 1 aliphatic heterocycles. The molecule has 1 aromatic heterocycles. The van der Waals surface area contributed by atoms with Crippen molar-refractivity contribution in [3.63, 3.8) is 0 Å². The van der Waals surface area contributed by atoms with Crippen LogP contribution in [0.2, 0.25) is 0 Å². The Balaban J connectivity index is 1.05. The minimum atomic E-state index is -1.16. The Hall–Kier alpha value is -3.23. The summed E-state index contributed by atoms with van der Waals surface area (Å²) < 4.78 is 19.9. The van der Waals surface area contributed by atoms with Gasteiger partial charge >= 0.3 is 11.9 Å². The predicted molar refractivity (Wildman–Crippen MR) is 223 cm³/mol. The molecular weight excluding hydrogens is 730 g/mol. The van der Waals surface area contributed by atoms with Gasteiger partial charge in [-0.3, -0.25) is 14.4 Å². The van der Waals surface area contributed by atoms with Crippen molar-refractivity contribution in [1.82, 2.24) is 14.9 Å². The van der Waals surface area contributed by atoms with Crippen LogP contribution in [0.3, 0.4) is 0 Å². The number of nitrogens with zero attached hydrogens (tertiary/aromatic N) is 2. The van der Waals surface area contributed by atoms with Crippen LogP contribution < -0.4 is 0 Å². The number of hydrogen-bond donors (Lipinski definition) is 2. The fourth-order valence-corrected chi connectivity index (χ4v) is 15.4. The molecule has 1 amide bonds. The summed E-state index contributed by atoms with van der Waals surface area (Å²) in [5, 5.41) is 9.66. The van der Waals surface area contributed by atoms with Gasteiger partial charge in [-0.25, -0.2) is 9.37 Å². The fraction of sp³-hybridized carbons (Fsp3) is 0.755. The number of halogens is 1. The SMILES string of the molecule is CC(C)C1CCC2(C(=O)N3CCCC3c3ncc(-c4ccc(F)cc4)[nH]3)CCC3(C)C(CCC4C5(C)CCC(OC(=O)CC(C)(C)C(=O)O)C(C)(C)C5CCC43C)C12. The van der Waals surface area contributed by atoms with Gasteiger partial charge in [-0.05, 0) is 172 Å². The molecule has 11 atom stereocenters. The van der Waals surface area contributed by atoms with Gasteiger partial charge in [0.15, 0.2) is 0 Å². The number of carbonyl (C=O) groups excluding carboxylic acids is 2. The van der Waals surface area contributed by atoms with E-state index in [1.807, 2.05) is 6.20 Å². The summed E-state index contributed by atoms with van der Waals surface area (Å²) in [6, 6.07) is 6.42. The quantitative estimate of drug-likeness (QED) is 0.257. The number of hydrogen-bond acceptors (Lipinski definition) is 5. The number of H-pyrrole nitrogens is 1. The second-order valence-corrected chi connectivity index (χ2v) is 22.3. The topological polar surface area (TPSA) is 113 Å². The maximum absolute atomic E-state index is 15.5. The van der Waals surface area contributed by atoms with E-state index in [1.54, 1.807) is 26.0 Å². The van der Waals surface area contributed by atoms with Crippen molar-refractivity contribution in [2.24, 2.45) is 68.0 Å². The van der Waals surface area contributed by atoms with E-state index in [2.05, 4.69) is 58.4 Å². The van der Waals surface area contributed by atoms with E-state index in [1.165, 1.54) is 18.6 Å². The zero-order valence-electron chi connectivity index (χ0n) is 36.8. The summed E-state index contributed by atoms with van der Waals surface area (Å²) in [7, 11) is 0. The van der Waals surface area contributed by atoms with E-state index >= 15 is 4.79 Å². The molecule has 2 heterocycles. The second kappa shape index (κ2) is 14.2. The minimum Gasteiger partial charge on any atom is -0.481 e. The van der Waals surface area contributed by atoms with Gasteiger partial charge in [0.1, 0.15) is 17.7 Å². The summed E-state index contributed by atoms with van der Waals surface area (Å²) in [5.41, 5.74) is 0.353. The van der Waals surface area contributed by atoms with Crippen LogP contribution >= 0.6 is 0 Å². The van der Waals surface area contributed by atoms with Crippen LogP contribution in [0.1, 0.15) is 158 Å². The van der Waals surface area contributed by atoms with E-state index in [4.69, 9.17) is 9.72 Å². The number of ether oxygens (including phenoxy) is 1. The summed E-state index contributed by atoms with van der Waals surface area (Å²) in [5.74, 6) is 2.37. The number of aromatic nitrogens is 2. The first-order valence-electron chi connectivity index (χ1n) is 22.7. The van der Waals surface area contributed by atoms with Crippen LogP contribution in [0.25, 0.3) is 11.3 Å². The largest absolute Gasteiger partial charge is 0.481 e. The third-order valence-electron chi connectivity index (χ3n) is 18.7. The smallest absolute Gasteiger partial charge is 0.309 e. The molecule has 2 N–H and O–H groups in total. The average Bonchev–Trinajstić information content (AvgIpc) is 3.92. The van der Waals surface area contributed by atoms with Gasteiger partial charge in [-0.1, -0.05) is 48.5 Å². The molecule has 0 radical (unpaired) electrons. The summed E-state index contributed by atoms with van der Waals surface area (Å²) in [4.78, 5) is 51.1. The molecule has 1 saturated heterocycles. The number of rotatable bonds is 8. The Labute approximate surface area is 346 Å². The van der Waals surface area contributed by atoms with Crippen LogP contribution in [0, 0.1) is 73.8 Å². The second-order valence-electron chi connectivity index (χ2n) is 22.3. The molecule has 8 rings (SSSR count). The maximum atomic E-state index is 15.5. The van der Waals surface area contributed by atoms with Gasteiger partial charge in [0, 0.05) is 12.0 Å². The molecule has 6 fully saturated rings. The molecule has 318 valence electrons. The number of carboxylic acid groups (broad SMARTS) is 1. The Morgan fingerprint density at radius 1 is 0.914 bits per heavy atom. The maximum Gasteiger partial charge on any atom is 0.309 e. The molecule has 11 unspecified atom stereocenters. The zero-order valence-corrected chi connectivity index (χ0v) is 36.8. The lowest BCUT2D eigenvalue weighted by atomic mass is 9.32. The van der Waals surface area contributed by atoms with Crippen LogP contribution in [0.15, 0.2) is 30.5 Å². The highest BCUT2D eigenvalue weighted by molar-refractivity contribution is 5.85. The first-order chi connectivity index (χ1) is 27.2. The first-order valence-corrected chi connectivity index (χ1v) is 22.7. The molecular formula is C49H70FN3O5. The number of nitrogens with one attached hydrogen (secondary N) is 1. The number of benzene rings is 1. The normalized spacial score (nSPS) is 39.4. The van der Waals surface area contributed by atoms with Crippen LogP contribution in [-0.4, -0.2) is 50.5 Å². The number of fused-ring (bicyclic) bond motifs is 7. The third kappa shape index (κ3) is 6.14. The van der Waals surface area contributed by atoms with E-state index < -0.39 is 17.4 Å². The Morgan fingerprint density at radius 3 is 2.33 bits per heavy atom. The standard InChI is InChI=1S/C49H70FN3O5/c1-29(2)32-18-23-49(42(55)53-26-10-11-35(53)41-51-28-34(52-41)30-12-14-31(50)15-13-30)25-24-47(8)33(40(32)49)16-17-37-46(7)21-20-38(58-39(54)27-44(3,4)43(56)57)45(5,6)36(46)19-22-48(37,47)9/h12-15,28-29,32-33,35-38,40H,10-11,16-27H2,1-9H3,(H,51,52)(H,56,57). The number of imidazole rings is 1. The van der Waals surface area contributed by atoms with E-state index in [0.29, 0.717) is 41.4 Å². The summed E-state index contributed by atoms with van der Waals surface area (Å²) in [6.07, 6.45) is 13.9. The molecule has 5 aliphatic carbocycles. The summed E-state index contributed by atoms with van der Waals surface area (Å²) >= 11 is 0. The Bertz CT molecular complexity index is 1920. The zero-order chi connectivity index (χ0) is 41.8. The van der Waals surface area contributed by atoms with Gasteiger partial charge in [-0.2, -0.15) is 0 Å². The third-order valence-corrected chi connectivity index (χ3v) is 18.7. The molecule has 6 aliphatic rings. The van der Waals surface area contributed by atoms with Crippen molar-refractivity contribution in [3.05, 3.63) is 42.1 Å². The van der Waals surface area contributed by atoms with Crippen molar-refractivity contribution in [2.75, 3.05) is 6.54 Å². The number of aromatic amines is 1. The highest BCUT2D eigenvalue weighted by Gasteiger charge is 2.72. The molecule has 2 aromatic rings. The number of esters is 1. The molecule has 5 saturated carbocycles. The number of amides is 1. The Morgan fingerprint density at radius 2 is 1.64 bits per heavy atom. The number of carboxylic acids is 1. The molecule has 9 heteroatoms. The lowest BCUT2D eigenvalue weighted by Gasteiger charge is -2.73. The highest BCUT2D eigenvalue weighted by Crippen LogP contribution is 2.78. The van der Waals surface area contributed by atoms with Crippen molar-refractivity contribution in [2.45, 2.75) is 158 Å². The van der Waals surface area contributed by atoms with Gasteiger partial charge in [-0.15, -0.1) is 0 Å². The van der Waals surface area contributed by atoms with Crippen LogP contribution in [0.5, 0.6) is 0 Å². The van der Waals surface area contributed by atoms with Gasteiger partial charge < -0.3 is 19.7 Å². The van der Waals surface area contributed by atoms with E-state index in [0.717, 1.165) is 94.3 Å². The van der Waals surface area contributed by atoms with Crippen molar-refractivity contribution >= 4 is 17.8 Å². The van der Waals surface area contributed by atoms with E-state index in [-0.39, 0.29) is 51.5 Å². The van der Waals surface area contributed by atoms with Crippen LogP contribution in [0.4, 0.5) is 4.39 Å². The fourth-order valence-electron chi connectivity index (χ4n) is 15.4. The lowest BCUT2D eigenvalue weighted by Crippen LogP contribution is -2.67. The number of aliphatic carboxylic acids is 1. The first kappa shape index (κ1) is 41.5.